The van der Waals surface area contributed by atoms with Crippen LogP contribution in [0.5, 0.6) is 0 Å². The maximum absolute atomic E-state index is 14.4. The van der Waals surface area contributed by atoms with E-state index in [2.05, 4.69) is 0 Å². The molecular formula is C15H19F2NO2. The number of cyclic esters (lactones) is 1. The van der Waals surface area contributed by atoms with Gasteiger partial charge in [0.2, 0.25) is 0 Å². The van der Waals surface area contributed by atoms with E-state index in [1.54, 1.807) is 0 Å². The van der Waals surface area contributed by atoms with Gasteiger partial charge in [-0.2, -0.15) is 0 Å². The van der Waals surface area contributed by atoms with Gasteiger partial charge < -0.3 is 4.74 Å². The minimum Gasteiger partial charge on any atom is -0.437 e. The molecule has 0 atom stereocenters. The summed E-state index contributed by atoms with van der Waals surface area (Å²) in [5.41, 5.74) is -0.669. The summed E-state index contributed by atoms with van der Waals surface area (Å²) in [6.45, 7) is 7.36. The van der Waals surface area contributed by atoms with Crippen LogP contribution in [-0.4, -0.2) is 13.1 Å². The zero-order chi connectivity index (χ0) is 15.2. The fraction of sp³-hybridized carbons (Fsp3) is 0.533. The van der Waals surface area contributed by atoms with Crippen LogP contribution in [0.15, 0.2) is 12.1 Å². The molecule has 0 bridgehead atoms. The molecule has 1 aromatic rings. The number of carbonyl (C=O) groups is 1. The second-order valence-electron chi connectivity index (χ2n) is 5.78. The average Bonchev–Trinajstić information content (AvgIpc) is 2.36. The second-order valence-corrected chi connectivity index (χ2v) is 5.78. The molecule has 3 nitrogen and oxygen atoms in total. The molecule has 1 heterocycles. The van der Waals surface area contributed by atoms with Gasteiger partial charge in [0.05, 0.1) is 11.3 Å². The predicted molar refractivity (Wildman–Crippen MR) is 72.6 cm³/mol. The summed E-state index contributed by atoms with van der Waals surface area (Å²) in [6, 6.07) is 2.46. The first-order chi connectivity index (χ1) is 9.23. The number of hydrogen-bond donors (Lipinski definition) is 0. The molecule has 1 aromatic carbocycles. The third-order valence-electron chi connectivity index (χ3n) is 4.07. The predicted octanol–water partition coefficient (Wildman–Crippen LogP) is 4.06. The van der Waals surface area contributed by atoms with E-state index >= 15 is 0 Å². The van der Waals surface area contributed by atoms with E-state index in [4.69, 9.17) is 4.74 Å². The molecule has 0 aliphatic carbocycles. The Balaban J connectivity index is 2.84. The highest BCUT2D eigenvalue weighted by atomic mass is 19.2. The SMILES string of the molecule is CC(C)C1(C(C)C)OC(=O)N(C)c2ccc(F)c(F)c21. The average molecular weight is 283 g/mol. The van der Waals surface area contributed by atoms with Crippen LogP contribution in [-0.2, 0) is 10.3 Å². The summed E-state index contributed by atoms with van der Waals surface area (Å²) < 4.78 is 33.6. The van der Waals surface area contributed by atoms with E-state index in [9.17, 15) is 13.6 Å². The van der Waals surface area contributed by atoms with Crippen molar-refractivity contribution in [3.05, 3.63) is 29.3 Å². The van der Waals surface area contributed by atoms with Gasteiger partial charge in [0.15, 0.2) is 11.6 Å². The maximum atomic E-state index is 14.4. The summed E-state index contributed by atoms with van der Waals surface area (Å²) in [7, 11) is 1.49. The molecule has 0 radical (unpaired) electrons. The lowest BCUT2D eigenvalue weighted by Gasteiger charge is -2.46. The van der Waals surface area contributed by atoms with Crippen molar-refractivity contribution in [1.82, 2.24) is 0 Å². The van der Waals surface area contributed by atoms with Gasteiger partial charge in [0.1, 0.15) is 5.60 Å². The zero-order valence-electron chi connectivity index (χ0n) is 12.3. The molecule has 0 saturated heterocycles. The number of benzene rings is 1. The van der Waals surface area contributed by atoms with Crippen LogP contribution >= 0.6 is 0 Å². The lowest BCUT2D eigenvalue weighted by atomic mass is 9.73. The third kappa shape index (κ3) is 1.79. The fourth-order valence-corrected chi connectivity index (χ4v) is 3.03. The molecule has 0 N–H and O–H groups in total. The van der Waals surface area contributed by atoms with E-state index in [0.29, 0.717) is 5.69 Å². The van der Waals surface area contributed by atoms with Crippen LogP contribution < -0.4 is 4.90 Å². The van der Waals surface area contributed by atoms with Gasteiger partial charge in [-0.15, -0.1) is 0 Å². The number of hydrogen-bond acceptors (Lipinski definition) is 2. The number of ether oxygens (including phenoxy) is 1. The maximum Gasteiger partial charge on any atom is 0.414 e. The van der Waals surface area contributed by atoms with Crippen molar-refractivity contribution in [2.45, 2.75) is 33.3 Å². The highest BCUT2D eigenvalue weighted by Crippen LogP contribution is 2.49. The number of carbonyl (C=O) groups excluding carboxylic acids is 1. The largest absolute Gasteiger partial charge is 0.437 e. The summed E-state index contributed by atoms with van der Waals surface area (Å²) in [5, 5.41) is 0. The van der Waals surface area contributed by atoms with E-state index < -0.39 is 23.3 Å². The Morgan fingerprint density at radius 3 is 2.20 bits per heavy atom. The van der Waals surface area contributed by atoms with Gasteiger partial charge in [-0.25, -0.2) is 13.6 Å². The summed E-state index contributed by atoms with van der Waals surface area (Å²) in [6.07, 6.45) is -0.550. The van der Waals surface area contributed by atoms with Crippen LogP contribution in [0.4, 0.5) is 19.3 Å². The Kier molecular flexibility index (Phi) is 3.48. The number of nitrogens with zero attached hydrogens (tertiary/aromatic N) is 1. The highest BCUT2D eigenvalue weighted by molar-refractivity contribution is 5.91. The molecule has 1 aliphatic rings. The molecule has 5 heteroatoms. The van der Waals surface area contributed by atoms with Crippen LogP contribution in [0, 0.1) is 23.5 Å². The summed E-state index contributed by atoms with van der Waals surface area (Å²) >= 11 is 0. The smallest absolute Gasteiger partial charge is 0.414 e. The van der Waals surface area contributed by atoms with Crippen LogP contribution in [0.3, 0.4) is 0 Å². The molecule has 0 saturated carbocycles. The van der Waals surface area contributed by atoms with E-state index in [-0.39, 0.29) is 17.4 Å². The van der Waals surface area contributed by atoms with Crippen LogP contribution in [0.1, 0.15) is 33.3 Å². The van der Waals surface area contributed by atoms with Crippen molar-refractivity contribution in [1.29, 1.82) is 0 Å². The first kappa shape index (κ1) is 14.8. The van der Waals surface area contributed by atoms with Gasteiger partial charge in [-0.05, 0) is 24.0 Å². The quantitative estimate of drug-likeness (QED) is 0.819. The summed E-state index contributed by atoms with van der Waals surface area (Å²) in [4.78, 5) is 13.3. The second kappa shape index (κ2) is 4.72. The van der Waals surface area contributed by atoms with Crippen molar-refractivity contribution in [2.24, 2.45) is 11.8 Å². The van der Waals surface area contributed by atoms with Crippen LogP contribution in [0.2, 0.25) is 0 Å². The van der Waals surface area contributed by atoms with Gasteiger partial charge in [-0.1, -0.05) is 27.7 Å². The molecular weight excluding hydrogens is 264 g/mol. The van der Waals surface area contributed by atoms with Crippen molar-refractivity contribution in [3.8, 4) is 0 Å². The lowest BCUT2D eigenvalue weighted by Crippen LogP contribution is -2.51. The van der Waals surface area contributed by atoms with Gasteiger partial charge in [0.25, 0.3) is 0 Å². The molecule has 1 amide bonds. The van der Waals surface area contributed by atoms with Gasteiger partial charge in [-0.3, -0.25) is 4.90 Å². The lowest BCUT2D eigenvalue weighted by molar-refractivity contribution is -0.0693. The standard InChI is InChI=1S/C15H19F2NO2/c1-8(2)15(9(3)4)12-11(18(5)14(19)20-15)7-6-10(16)13(12)17/h6-9H,1-5H3. The third-order valence-corrected chi connectivity index (χ3v) is 4.07. The first-order valence-electron chi connectivity index (χ1n) is 6.68. The van der Waals surface area contributed by atoms with Crippen LogP contribution in [0.25, 0.3) is 0 Å². The number of rotatable bonds is 2. The number of halogens is 2. The summed E-state index contributed by atoms with van der Waals surface area (Å²) in [5.74, 6) is -2.24. The Hall–Kier alpha value is -1.65. The van der Waals surface area contributed by atoms with Gasteiger partial charge in [0, 0.05) is 7.05 Å². The molecule has 0 spiro atoms. The Morgan fingerprint density at radius 2 is 1.70 bits per heavy atom. The monoisotopic (exact) mass is 283 g/mol. The molecule has 0 unspecified atom stereocenters. The molecule has 20 heavy (non-hydrogen) atoms. The molecule has 0 fully saturated rings. The minimum absolute atomic E-state index is 0.129. The van der Waals surface area contributed by atoms with E-state index in [1.165, 1.54) is 18.0 Å². The molecule has 0 aromatic heterocycles. The zero-order valence-corrected chi connectivity index (χ0v) is 12.3. The fourth-order valence-electron chi connectivity index (χ4n) is 3.03. The molecule has 2 rings (SSSR count). The van der Waals surface area contributed by atoms with E-state index in [1.807, 2.05) is 27.7 Å². The van der Waals surface area contributed by atoms with Crippen molar-refractivity contribution < 1.29 is 18.3 Å². The Bertz CT molecular complexity index is 547. The minimum atomic E-state index is -1.16. The van der Waals surface area contributed by atoms with E-state index in [0.717, 1.165) is 6.07 Å². The number of fused-ring (bicyclic) bond motifs is 1. The normalized spacial score (nSPS) is 17.4. The molecule has 110 valence electrons. The first-order valence-corrected chi connectivity index (χ1v) is 6.68. The van der Waals surface area contributed by atoms with Crippen molar-refractivity contribution in [2.75, 3.05) is 11.9 Å². The topological polar surface area (TPSA) is 29.5 Å². The Labute approximate surface area is 117 Å². The van der Waals surface area contributed by atoms with Crippen molar-refractivity contribution >= 4 is 11.8 Å². The highest BCUT2D eigenvalue weighted by Gasteiger charge is 2.51. The van der Waals surface area contributed by atoms with Gasteiger partial charge >= 0.3 is 6.09 Å². The molecule has 1 aliphatic heterocycles. The number of amides is 1. The Morgan fingerprint density at radius 1 is 1.15 bits per heavy atom. The van der Waals surface area contributed by atoms with Crippen molar-refractivity contribution in [3.63, 3.8) is 0 Å². The number of anilines is 1.